The van der Waals surface area contributed by atoms with Crippen molar-refractivity contribution >= 4 is 0 Å². The van der Waals surface area contributed by atoms with Gasteiger partial charge >= 0.3 is 0 Å². The van der Waals surface area contributed by atoms with E-state index in [0.717, 1.165) is 6.42 Å². The molecule has 2 atom stereocenters. The molecular weight excluding hydrogens is 114 g/mol. The second kappa shape index (κ2) is 2.67. The zero-order valence-electron chi connectivity index (χ0n) is 6.35. The largest absolute Gasteiger partial charge is 0.353 e. The van der Waals surface area contributed by atoms with E-state index < -0.39 is 0 Å². The van der Waals surface area contributed by atoms with E-state index in [-0.39, 0.29) is 0 Å². The van der Waals surface area contributed by atoms with E-state index in [2.05, 4.69) is 26.1 Å². The maximum absolute atomic E-state index is 5.27. The van der Waals surface area contributed by atoms with Crippen LogP contribution in [0.4, 0.5) is 0 Å². The van der Waals surface area contributed by atoms with Crippen LogP contribution in [0.5, 0.6) is 0 Å². The van der Waals surface area contributed by atoms with Crippen molar-refractivity contribution in [1.82, 2.24) is 5.32 Å². The number of nitrogens with one attached hydrogen (secondary N) is 1. The fraction of sp³-hybridized carbons (Fsp3) is 1.00. The van der Waals surface area contributed by atoms with Crippen LogP contribution in [0.3, 0.4) is 0 Å². The van der Waals surface area contributed by atoms with Crippen LogP contribution in [0.25, 0.3) is 0 Å². The van der Waals surface area contributed by atoms with Crippen LogP contribution in [0, 0.1) is 0 Å². The Bertz CT molecular complexity index is 92.9. The van der Waals surface area contributed by atoms with E-state index in [1.807, 2.05) is 0 Å². The molecule has 2 heteroatoms. The maximum atomic E-state index is 5.27. The molecule has 2 nitrogen and oxygen atoms in total. The first-order valence-electron chi connectivity index (χ1n) is 3.65. The van der Waals surface area contributed by atoms with Gasteiger partial charge in [0.2, 0.25) is 0 Å². The summed E-state index contributed by atoms with van der Waals surface area (Å²) in [6.45, 7) is 6.41. The van der Waals surface area contributed by atoms with Crippen molar-refractivity contribution in [3.63, 3.8) is 0 Å². The molecule has 0 aromatic heterocycles. The average molecular weight is 129 g/mol. The lowest BCUT2D eigenvalue weighted by molar-refractivity contribution is 0.331. The van der Waals surface area contributed by atoms with Crippen LogP contribution >= 0.6 is 0 Å². The van der Waals surface area contributed by atoms with Gasteiger partial charge in [-0.05, 0) is 20.3 Å². The van der Waals surface area contributed by atoms with Crippen molar-refractivity contribution in [2.24, 2.45) is 0 Å². The fourth-order valence-corrected chi connectivity index (χ4v) is 0.928. The maximum Gasteiger partial charge on any atom is 0.135 e. The molecule has 0 aromatic rings. The summed E-state index contributed by atoms with van der Waals surface area (Å²) >= 11 is 0. The first-order valence-corrected chi connectivity index (χ1v) is 3.65. The molecule has 1 aliphatic rings. The molecule has 1 aliphatic heterocycles. The van der Waals surface area contributed by atoms with E-state index >= 15 is 0 Å². The Hall–Kier alpha value is -0.0800. The first kappa shape index (κ1) is 7.03. The minimum atomic E-state index is 0.356. The summed E-state index contributed by atoms with van der Waals surface area (Å²) in [5, 5.41) is 3.30. The quantitative estimate of drug-likeness (QED) is 0.577. The van der Waals surface area contributed by atoms with Gasteiger partial charge in [-0.3, -0.25) is 5.32 Å². The highest BCUT2D eigenvalue weighted by Crippen LogP contribution is 2.22. The highest BCUT2D eigenvalue weighted by molar-refractivity contribution is 4.81. The van der Waals surface area contributed by atoms with Gasteiger partial charge in [-0.15, -0.1) is 0 Å². The number of epoxide rings is 1. The number of ether oxygens (including phenoxy) is 1. The predicted molar refractivity (Wildman–Crippen MR) is 37.2 cm³/mol. The van der Waals surface area contributed by atoms with Gasteiger partial charge < -0.3 is 4.74 Å². The van der Waals surface area contributed by atoms with Crippen molar-refractivity contribution in [2.75, 3.05) is 0 Å². The average Bonchev–Trinajstić information content (AvgIpc) is 2.45. The lowest BCUT2D eigenvalue weighted by atomic mass is 10.3. The normalized spacial score (nSPS) is 33.3. The van der Waals surface area contributed by atoms with Crippen molar-refractivity contribution in [3.05, 3.63) is 0 Å². The summed E-state index contributed by atoms with van der Waals surface area (Å²) in [5.74, 6) is 0. The van der Waals surface area contributed by atoms with Gasteiger partial charge in [0.1, 0.15) is 6.23 Å². The van der Waals surface area contributed by atoms with Crippen molar-refractivity contribution < 1.29 is 4.74 Å². The molecule has 1 heterocycles. The molecule has 2 unspecified atom stereocenters. The highest BCUT2D eigenvalue weighted by atomic mass is 16.6. The summed E-state index contributed by atoms with van der Waals surface area (Å²) in [7, 11) is 0. The molecule has 0 spiro atoms. The molecule has 0 amide bonds. The Morgan fingerprint density at radius 3 is 2.56 bits per heavy atom. The number of rotatable bonds is 3. The number of hydrogen-bond donors (Lipinski definition) is 1. The molecule has 54 valence electrons. The van der Waals surface area contributed by atoms with Gasteiger partial charge in [0, 0.05) is 6.04 Å². The molecule has 0 radical (unpaired) electrons. The lowest BCUT2D eigenvalue weighted by Gasteiger charge is -2.02. The second-order valence-electron chi connectivity index (χ2n) is 2.82. The van der Waals surface area contributed by atoms with E-state index in [1.165, 1.54) is 0 Å². The van der Waals surface area contributed by atoms with E-state index in [1.54, 1.807) is 0 Å². The Labute approximate surface area is 56.6 Å². The summed E-state index contributed by atoms with van der Waals surface area (Å²) in [4.78, 5) is 0. The van der Waals surface area contributed by atoms with E-state index in [9.17, 15) is 0 Å². The van der Waals surface area contributed by atoms with Crippen LogP contribution in [-0.4, -0.2) is 18.4 Å². The zero-order valence-corrected chi connectivity index (χ0v) is 6.35. The summed E-state index contributed by atoms with van der Waals surface area (Å²) in [5.41, 5.74) is 0. The molecule has 0 aliphatic carbocycles. The third kappa shape index (κ3) is 1.95. The van der Waals surface area contributed by atoms with Gasteiger partial charge in [0.15, 0.2) is 0 Å². The molecule has 0 aromatic carbocycles. The van der Waals surface area contributed by atoms with Gasteiger partial charge in [0.25, 0.3) is 0 Å². The van der Waals surface area contributed by atoms with Gasteiger partial charge in [0.05, 0.1) is 6.10 Å². The van der Waals surface area contributed by atoms with Crippen molar-refractivity contribution in [2.45, 2.75) is 45.6 Å². The minimum Gasteiger partial charge on any atom is -0.353 e. The summed E-state index contributed by atoms with van der Waals surface area (Å²) in [6.07, 6.45) is 1.98. The fourth-order valence-electron chi connectivity index (χ4n) is 0.928. The lowest BCUT2D eigenvalue weighted by Crippen LogP contribution is -2.27. The molecule has 9 heavy (non-hydrogen) atoms. The van der Waals surface area contributed by atoms with Crippen LogP contribution in [-0.2, 0) is 4.74 Å². The smallest absolute Gasteiger partial charge is 0.135 e. The van der Waals surface area contributed by atoms with E-state index in [0.29, 0.717) is 18.4 Å². The van der Waals surface area contributed by atoms with E-state index in [4.69, 9.17) is 4.74 Å². The first-order chi connectivity index (χ1) is 4.24. The van der Waals surface area contributed by atoms with Gasteiger partial charge in [-0.2, -0.15) is 0 Å². The minimum absolute atomic E-state index is 0.356. The molecular formula is C7H15NO. The molecule has 0 bridgehead atoms. The Morgan fingerprint density at radius 1 is 1.56 bits per heavy atom. The standard InChI is InChI=1S/C7H15NO/c1-4-6-7(9-6)8-5(2)3/h5-8H,4H2,1-3H3. The number of hydrogen-bond acceptors (Lipinski definition) is 2. The monoisotopic (exact) mass is 129 g/mol. The van der Waals surface area contributed by atoms with Crippen LogP contribution < -0.4 is 5.32 Å². The molecule has 0 saturated carbocycles. The Kier molecular flexibility index (Phi) is 2.09. The Morgan fingerprint density at radius 2 is 2.22 bits per heavy atom. The van der Waals surface area contributed by atoms with Crippen LogP contribution in [0.2, 0.25) is 0 Å². The Balaban J connectivity index is 2.05. The SMILES string of the molecule is CCC1OC1NC(C)C. The highest BCUT2D eigenvalue weighted by Gasteiger charge is 2.36. The van der Waals surface area contributed by atoms with Crippen molar-refractivity contribution in [3.8, 4) is 0 Å². The third-order valence-electron chi connectivity index (χ3n) is 1.48. The molecule has 1 N–H and O–H groups in total. The summed E-state index contributed by atoms with van der Waals surface area (Å²) in [6, 6.07) is 0.548. The van der Waals surface area contributed by atoms with Crippen molar-refractivity contribution in [1.29, 1.82) is 0 Å². The zero-order chi connectivity index (χ0) is 6.85. The molecule has 1 saturated heterocycles. The third-order valence-corrected chi connectivity index (χ3v) is 1.48. The predicted octanol–water partition coefficient (Wildman–Crippen LogP) is 1.12. The second-order valence-corrected chi connectivity index (χ2v) is 2.82. The molecule has 1 rings (SSSR count). The van der Waals surface area contributed by atoms with Gasteiger partial charge in [-0.25, -0.2) is 0 Å². The topological polar surface area (TPSA) is 24.6 Å². The van der Waals surface area contributed by atoms with Crippen LogP contribution in [0.1, 0.15) is 27.2 Å². The van der Waals surface area contributed by atoms with Crippen LogP contribution in [0.15, 0.2) is 0 Å². The molecule has 1 fully saturated rings. The summed E-state index contributed by atoms with van der Waals surface area (Å²) < 4.78 is 5.27. The van der Waals surface area contributed by atoms with Gasteiger partial charge in [-0.1, -0.05) is 6.92 Å².